The molecule has 0 fully saturated rings. The summed E-state index contributed by atoms with van der Waals surface area (Å²) in [4.78, 5) is 37.8. The smallest absolute Gasteiger partial charge is 0.306 e. The molecule has 0 aromatic carbocycles. The van der Waals surface area contributed by atoms with E-state index in [0.717, 1.165) is 116 Å². The van der Waals surface area contributed by atoms with Gasteiger partial charge in [-0.1, -0.05) is 131 Å². The molecule has 0 aliphatic heterocycles. The summed E-state index contributed by atoms with van der Waals surface area (Å²) in [6.45, 7) is 13.6. The highest BCUT2D eigenvalue weighted by Crippen LogP contribution is 2.17. The number of esters is 2. The van der Waals surface area contributed by atoms with Crippen molar-refractivity contribution in [3.63, 3.8) is 0 Å². The first-order chi connectivity index (χ1) is 22.9. The zero-order valence-corrected chi connectivity index (χ0v) is 31.9. The van der Waals surface area contributed by atoms with Crippen LogP contribution in [0.15, 0.2) is 0 Å². The summed E-state index contributed by atoms with van der Waals surface area (Å²) in [5.41, 5.74) is 0. The van der Waals surface area contributed by atoms with E-state index < -0.39 is 5.97 Å². The fraction of sp³-hybridized carbons (Fsp3) is 0.925. The average molecular weight is 670 g/mol. The summed E-state index contributed by atoms with van der Waals surface area (Å²) in [5.74, 6) is -0.836. The van der Waals surface area contributed by atoms with Gasteiger partial charge in [0.1, 0.15) is 6.10 Å². The molecule has 0 amide bonds. The Balaban J connectivity index is 0. The van der Waals surface area contributed by atoms with Gasteiger partial charge in [-0.05, 0) is 70.9 Å². The van der Waals surface area contributed by atoms with E-state index in [4.69, 9.17) is 14.6 Å². The first-order valence-electron chi connectivity index (χ1n) is 20.2. The molecule has 0 aliphatic rings. The van der Waals surface area contributed by atoms with Gasteiger partial charge < -0.3 is 19.5 Å². The fourth-order valence-corrected chi connectivity index (χ4v) is 5.75. The second-order valence-electron chi connectivity index (χ2n) is 13.1. The number of ether oxygens (including phenoxy) is 2. The summed E-state index contributed by atoms with van der Waals surface area (Å²) in [6.07, 6.45) is 27.9. The third kappa shape index (κ3) is 37.0. The molecule has 7 heteroatoms. The van der Waals surface area contributed by atoms with Crippen molar-refractivity contribution in [3.05, 3.63) is 0 Å². The van der Waals surface area contributed by atoms with Crippen LogP contribution in [-0.2, 0) is 23.9 Å². The lowest BCUT2D eigenvalue weighted by molar-refractivity contribution is -0.150. The summed E-state index contributed by atoms with van der Waals surface area (Å²) < 4.78 is 11.2. The summed E-state index contributed by atoms with van der Waals surface area (Å²) in [6, 6.07) is 0. The van der Waals surface area contributed by atoms with Gasteiger partial charge in [0.05, 0.1) is 13.0 Å². The molecule has 0 rings (SSSR count). The van der Waals surface area contributed by atoms with E-state index in [1.165, 1.54) is 51.4 Å². The van der Waals surface area contributed by atoms with Crippen molar-refractivity contribution in [3.8, 4) is 0 Å². The van der Waals surface area contributed by atoms with E-state index in [9.17, 15) is 14.4 Å². The Morgan fingerprint density at radius 3 is 1.45 bits per heavy atom. The van der Waals surface area contributed by atoms with Crippen LogP contribution in [0.3, 0.4) is 0 Å². The largest absolute Gasteiger partial charge is 0.481 e. The van der Waals surface area contributed by atoms with Gasteiger partial charge in [-0.2, -0.15) is 0 Å². The Bertz CT molecular complexity index is 676. The van der Waals surface area contributed by atoms with Crippen LogP contribution in [0.4, 0.5) is 0 Å². The van der Waals surface area contributed by atoms with Crippen LogP contribution in [0.25, 0.3) is 0 Å². The zero-order valence-electron chi connectivity index (χ0n) is 31.9. The predicted molar refractivity (Wildman–Crippen MR) is 198 cm³/mol. The molecule has 0 bridgehead atoms. The number of hydrogen-bond donors (Lipinski definition) is 1. The summed E-state index contributed by atoms with van der Waals surface area (Å²) >= 11 is 0. The Kier molecular flexibility index (Phi) is 39.2. The lowest BCUT2D eigenvalue weighted by Gasteiger charge is -2.21. The lowest BCUT2D eigenvalue weighted by Crippen LogP contribution is -2.28. The molecule has 280 valence electrons. The maximum Gasteiger partial charge on any atom is 0.306 e. The highest BCUT2D eigenvalue weighted by molar-refractivity contribution is 5.69. The monoisotopic (exact) mass is 670 g/mol. The number of unbranched alkanes of at least 4 members (excludes halogenated alkanes) is 17. The molecule has 0 aliphatic carbocycles. The number of aliphatic carboxylic acids is 1. The molecule has 7 nitrogen and oxygen atoms in total. The van der Waals surface area contributed by atoms with E-state index in [-0.39, 0.29) is 24.5 Å². The average Bonchev–Trinajstić information content (AvgIpc) is 3.06. The van der Waals surface area contributed by atoms with Gasteiger partial charge in [0, 0.05) is 19.4 Å². The molecule has 0 aromatic rings. The minimum Gasteiger partial charge on any atom is -0.481 e. The first-order valence-corrected chi connectivity index (χ1v) is 20.2. The number of carbonyl (C=O) groups excluding carboxylic acids is 2. The summed E-state index contributed by atoms with van der Waals surface area (Å²) in [7, 11) is 0. The Morgan fingerprint density at radius 2 is 0.936 bits per heavy atom. The van der Waals surface area contributed by atoms with E-state index in [1.807, 2.05) is 13.8 Å². The van der Waals surface area contributed by atoms with E-state index in [0.29, 0.717) is 26.0 Å². The number of hydrogen-bond acceptors (Lipinski definition) is 6. The van der Waals surface area contributed by atoms with Crippen molar-refractivity contribution in [1.82, 2.24) is 4.90 Å². The molecule has 47 heavy (non-hydrogen) atoms. The third-order valence-corrected chi connectivity index (χ3v) is 8.67. The zero-order chi connectivity index (χ0) is 35.2. The fourth-order valence-electron chi connectivity index (χ4n) is 5.75. The van der Waals surface area contributed by atoms with Crippen molar-refractivity contribution < 1.29 is 29.0 Å². The van der Waals surface area contributed by atoms with Crippen molar-refractivity contribution in [1.29, 1.82) is 0 Å². The molecule has 0 heterocycles. The standard InChI is InChI=1S/C38H73NO6.C2H6/c1-4-7-10-11-18-25-34-44-37(42)28-21-14-12-16-23-31-39(33-30-36(40)41)32-24-17-13-15-22-29-38(43)45-35(26-19-8-5-2)27-20-9-6-3;1-2/h35H,4-34H2,1-3H3,(H,40,41);1-2H3. The van der Waals surface area contributed by atoms with Crippen molar-refractivity contribution in [2.45, 2.75) is 214 Å². The van der Waals surface area contributed by atoms with Gasteiger partial charge in [0.2, 0.25) is 0 Å². The quantitative estimate of drug-likeness (QED) is 0.0530. The molecule has 1 N–H and O–H groups in total. The molecule has 0 radical (unpaired) electrons. The number of carboxylic acids is 1. The van der Waals surface area contributed by atoms with Crippen LogP contribution < -0.4 is 0 Å². The second kappa shape index (κ2) is 38.8. The van der Waals surface area contributed by atoms with Crippen LogP contribution in [-0.4, -0.2) is 60.3 Å². The molecule has 0 atom stereocenters. The lowest BCUT2D eigenvalue weighted by atomic mass is 10.0. The van der Waals surface area contributed by atoms with Crippen LogP contribution in [0.1, 0.15) is 208 Å². The topological polar surface area (TPSA) is 93.1 Å². The molecular formula is C40H79NO6. The van der Waals surface area contributed by atoms with Crippen LogP contribution >= 0.6 is 0 Å². The summed E-state index contributed by atoms with van der Waals surface area (Å²) in [5, 5.41) is 9.16. The van der Waals surface area contributed by atoms with Crippen LogP contribution in [0.2, 0.25) is 0 Å². The maximum atomic E-state index is 12.4. The van der Waals surface area contributed by atoms with E-state index in [1.54, 1.807) is 0 Å². The van der Waals surface area contributed by atoms with Crippen molar-refractivity contribution >= 4 is 17.9 Å². The van der Waals surface area contributed by atoms with Crippen molar-refractivity contribution in [2.24, 2.45) is 0 Å². The molecule has 0 saturated carbocycles. The molecule has 0 saturated heterocycles. The van der Waals surface area contributed by atoms with Gasteiger partial charge >= 0.3 is 17.9 Å². The number of carbonyl (C=O) groups is 3. The van der Waals surface area contributed by atoms with Crippen molar-refractivity contribution in [2.75, 3.05) is 26.2 Å². The minimum absolute atomic E-state index is 0.0312. The number of nitrogens with zero attached hydrogens (tertiary/aromatic N) is 1. The Hall–Kier alpha value is -1.63. The molecule has 0 unspecified atom stereocenters. The van der Waals surface area contributed by atoms with Crippen LogP contribution in [0, 0.1) is 0 Å². The van der Waals surface area contributed by atoms with Gasteiger partial charge in [-0.3, -0.25) is 14.4 Å². The molecular weight excluding hydrogens is 590 g/mol. The SMILES string of the molecule is CC.CCCCCCCCOC(=O)CCCCCCCN(CCCCCCCC(=O)OC(CCCCC)CCCCC)CCC(=O)O. The minimum atomic E-state index is -0.742. The molecule has 0 spiro atoms. The molecule has 0 aromatic heterocycles. The van der Waals surface area contributed by atoms with Gasteiger partial charge in [0.25, 0.3) is 0 Å². The highest BCUT2D eigenvalue weighted by Gasteiger charge is 2.14. The highest BCUT2D eigenvalue weighted by atomic mass is 16.5. The van der Waals surface area contributed by atoms with Gasteiger partial charge in [-0.15, -0.1) is 0 Å². The van der Waals surface area contributed by atoms with Gasteiger partial charge in [-0.25, -0.2) is 0 Å². The van der Waals surface area contributed by atoms with E-state index >= 15 is 0 Å². The first kappa shape index (κ1) is 47.5. The maximum absolute atomic E-state index is 12.4. The number of rotatable bonds is 35. The Labute approximate surface area is 291 Å². The number of carboxylic acid groups (broad SMARTS) is 1. The van der Waals surface area contributed by atoms with Gasteiger partial charge in [0.15, 0.2) is 0 Å². The van der Waals surface area contributed by atoms with Crippen LogP contribution in [0.5, 0.6) is 0 Å². The third-order valence-electron chi connectivity index (χ3n) is 8.67. The predicted octanol–water partition coefficient (Wildman–Crippen LogP) is 11.4. The van der Waals surface area contributed by atoms with E-state index in [2.05, 4.69) is 25.7 Å². The normalized spacial score (nSPS) is 11.0. The second-order valence-corrected chi connectivity index (χ2v) is 13.1. The Morgan fingerprint density at radius 1 is 0.511 bits per heavy atom.